The van der Waals surface area contributed by atoms with Gasteiger partial charge in [-0.25, -0.2) is 4.98 Å². The van der Waals surface area contributed by atoms with Crippen LogP contribution in [0.25, 0.3) is 11.5 Å². The first-order chi connectivity index (χ1) is 8.08. The third-order valence-corrected chi connectivity index (χ3v) is 3.02. The Bertz CT molecular complexity index is 535. The minimum absolute atomic E-state index is 0.711. The largest absolute Gasteiger partial charge is 0.395 e. The molecule has 5 nitrogen and oxygen atoms in total. The van der Waals surface area contributed by atoms with Crippen molar-refractivity contribution in [3.63, 3.8) is 0 Å². The van der Waals surface area contributed by atoms with Gasteiger partial charge in [0.2, 0.25) is 0 Å². The Kier molecular flexibility index (Phi) is 2.92. The molecule has 0 amide bonds. The predicted molar refractivity (Wildman–Crippen MR) is 68.7 cm³/mol. The van der Waals surface area contributed by atoms with E-state index in [1.165, 1.54) is 0 Å². The van der Waals surface area contributed by atoms with E-state index in [2.05, 4.69) is 22.0 Å². The van der Waals surface area contributed by atoms with Crippen LogP contribution in [0.5, 0.6) is 0 Å². The number of nitrogen functional groups attached to an aromatic ring is 1. The molecular formula is C12H19N5. The smallest absolute Gasteiger partial charge is 0.158 e. The number of hydrogen-bond acceptors (Lipinski definition) is 3. The highest BCUT2D eigenvalue weighted by molar-refractivity contribution is 5.70. The highest BCUT2D eigenvalue weighted by Crippen LogP contribution is 2.27. The second kappa shape index (κ2) is 4.24. The summed E-state index contributed by atoms with van der Waals surface area (Å²) in [5.74, 6) is 0.819. The first-order valence-electron chi connectivity index (χ1n) is 5.97. The summed E-state index contributed by atoms with van der Waals surface area (Å²) in [5, 5.41) is 4.40. The van der Waals surface area contributed by atoms with Crippen molar-refractivity contribution in [3.05, 3.63) is 17.1 Å². The highest BCUT2D eigenvalue weighted by Gasteiger charge is 2.17. The van der Waals surface area contributed by atoms with Gasteiger partial charge in [0.25, 0.3) is 0 Å². The van der Waals surface area contributed by atoms with Crippen molar-refractivity contribution in [2.45, 2.75) is 40.7 Å². The van der Waals surface area contributed by atoms with Gasteiger partial charge in [-0.15, -0.1) is 0 Å². The number of aryl methyl sites for hydroxylation is 4. The van der Waals surface area contributed by atoms with Crippen molar-refractivity contribution < 1.29 is 0 Å². The minimum Gasteiger partial charge on any atom is -0.395 e. The molecule has 0 unspecified atom stereocenters. The van der Waals surface area contributed by atoms with Crippen molar-refractivity contribution in [2.75, 3.05) is 5.73 Å². The Morgan fingerprint density at radius 2 is 2.00 bits per heavy atom. The lowest BCUT2D eigenvalue weighted by Gasteiger charge is -2.02. The Hall–Kier alpha value is -1.78. The quantitative estimate of drug-likeness (QED) is 0.852. The Balaban J connectivity index is 2.58. The molecule has 0 saturated heterocycles. The van der Waals surface area contributed by atoms with Crippen molar-refractivity contribution in [1.29, 1.82) is 0 Å². The van der Waals surface area contributed by atoms with E-state index in [0.29, 0.717) is 5.69 Å². The molecule has 0 atom stereocenters. The van der Waals surface area contributed by atoms with Gasteiger partial charge in [0.15, 0.2) is 5.82 Å². The molecule has 0 saturated carbocycles. The second-order valence-corrected chi connectivity index (χ2v) is 4.17. The number of nitrogens with two attached hydrogens (primary N) is 1. The normalized spacial score (nSPS) is 11.1. The van der Waals surface area contributed by atoms with Gasteiger partial charge in [-0.3, -0.25) is 4.68 Å². The van der Waals surface area contributed by atoms with Crippen LogP contribution < -0.4 is 5.73 Å². The van der Waals surface area contributed by atoms with Gasteiger partial charge in [-0.05, 0) is 27.2 Å². The van der Waals surface area contributed by atoms with Crippen LogP contribution in [0.1, 0.15) is 30.9 Å². The van der Waals surface area contributed by atoms with Gasteiger partial charge < -0.3 is 10.7 Å². The third-order valence-electron chi connectivity index (χ3n) is 3.02. The summed E-state index contributed by atoms with van der Waals surface area (Å²) in [5.41, 5.74) is 10.7. The van der Waals surface area contributed by atoms with E-state index in [9.17, 15) is 0 Å². The summed E-state index contributed by atoms with van der Waals surface area (Å²) in [7, 11) is 0. The lowest BCUT2D eigenvalue weighted by molar-refractivity contribution is 0.658. The van der Waals surface area contributed by atoms with E-state index in [4.69, 9.17) is 5.73 Å². The predicted octanol–water partition coefficient (Wildman–Crippen LogP) is 2.05. The topological polar surface area (TPSA) is 72.5 Å². The molecule has 3 N–H and O–H groups in total. The molecule has 17 heavy (non-hydrogen) atoms. The van der Waals surface area contributed by atoms with Gasteiger partial charge in [0, 0.05) is 12.2 Å². The number of anilines is 1. The number of rotatable bonds is 3. The van der Waals surface area contributed by atoms with Crippen LogP contribution in [-0.4, -0.2) is 19.7 Å². The molecule has 2 heterocycles. The van der Waals surface area contributed by atoms with Gasteiger partial charge in [-0.2, -0.15) is 5.10 Å². The number of hydrogen-bond donors (Lipinski definition) is 2. The molecule has 0 bridgehead atoms. The Morgan fingerprint density at radius 1 is 1.29 bits per heavy atom. The van der Waals surface area contributed by atoms with E-state index in [1.54, 1.807) is 0 Å². The first-order valence-corrected chi connectivity index (χ1v) is 5.97. The zero-order chi connectivity index (χ0) is 12.6. The second-order valence-electron chi connectivity index (χ2n) is 4.17. The number of nitrogens with zero attached hydrogens (tertiary/aromatic N) is 3. The molecule has 0 radical (unpaired) electrons. The van der Waals surface area contributed by atoms with Gasteiger partial charge in [0.05, 0.1) is 17.1 Å². The van der Waals surface area contributed by atoms with E-state index in [-0.39, 0.29) is 0 Å². The third kappa shape index (κ3) is 1.81. The van der Waals surface area contributed by atoms with Crippen molar-refractivity contribution in [2.24, 2.45) is 0 Å². The number of nitrogens with one attached hydrogen (secondary N) is 1. The summed E-state index contributed by atoms with van der Waals surface area (Å²) in [6.45, 7) is 8.88. The summed E-state index contributed by atoms with van der Waals surface area (Å²) in [4.78, 5) is 7.87. The van der Waals surface area contributed by atoms with Crippen LogP contribution in [0.4, 0.5) is 5.69 Å². The SMILES string of the molecule is CCc1nc(-c2c(N)c(C)nn2CC)[nH]c1C. The number of aromatic nitrogens is 4. The van der Waals surface area contributed by atoms with Crippen molar-refractivity contribution in [1.82, 2.24) is 19.7 Å². The van der Waals surface area contributed by atoms with E-state index in [0.717, 1.165) is 41.6 Å². The zero-order valence-electron chi connectivity index (χ0n) is 10.8. The number of imidazole rings is 1. The van der Waals surface area contributed by atoms with E-state index in [1.807, 2.05) is 25.5 Å². The molecule has 0 aromatic carbocycles. The monoisotopic (exact) mass is 233 g/mol. The van der Waals surface area contributed by atoms with Crippen LogP contribution in [0.3, 0.4) is 0 Å². The van der Waals surface area contributed by atoms with Gasteiger partial charge >= 0.3 is 0 Å². The average molecular weight is 233 g/mol. The molecular weight excluding hydrogens is 214 g/mol. The average Bonchev–Trinajstić information content (AvgIpc) is 2.80. The lowest BCUT2D eigenvalue weighted by atomic mass is 10.3. The molecule has 0 spiro atoms. The molecule has 0 aliphatic rings. The summed E-state index contributed by atoms with van der Waals surface area (Å²) >= 11 is 0. The maximum atomic E-state index is 6.07. The lowest BCUT2D eigenvalue weighted by Crippen LogP contribution is -2.01. The molecule has 2 aromatic rings. The summed E-state index contributed by atoms with van der Waals surface area (Å²) in [6, 6.07) is 0. The number of H-pyrrole nitrogens is 1. The Labute approximate surface area is 101 Å². The summed E-state index contributed by atoms with van der Waals surface area (Å²) in [6.07, 6.45) is 0.918. The molecule has 0 aliphatic heterocycles. The van der Waals surface area contributed by atoms with Crippen LogP contribution in [0, 0.1) is 13.8 Å². The van der Waals surface area contributed by atoms with Gasteiger partial charge in [0.1, 0.15) is 5.69 Å². The van der Waals surface area contributed by atoms with Crippen LogP contribution in [-0.2, 0) is 13.0 Å². The standard InChI is InChI=1S/C12H19N5/c1-5-9-7(3)14-12(15-9)11-10(13)8(4)16-17(11)6-2/h5-6,13H2,1-4H3,(H,14,15). The molecule has 92 valence electrons. The van der Waals surface area contributed by atoms with Crippen LogP contribution >= 0.6 is 0 Å². The summed E-state index contributed by atoms with van der Waals surface area (Å²) < 4.78 is 1.89. The maximum absolute atomic E-state index is 6.07. The zero-order valence-corrected chi connectivity index (χ0v) is 10.8. The van der Waals surface area contributed by atoms with Crippen LogP contribution in [0.2, 0.25) is 0 Å². The first kappa shape index (κ1) is 11.7. The van der Waals surface area contributed by atoms with Crippen LogP contribution in [0.15, 0.2) is 0 Å². The molecule has 2 aromatic heterocycles. The fourth-order valence-corrected chi connectivity index (χ4v) is 2.03. The maximum Gasteiger partial charge on any atom is 0.158 e. The van der Waals surface area contributed by atoms with E-state index >= 15 is 0 Å². The molecule has 2 rings (SSSR count). The Morgan fingerprint density at radius 3 is 2.53 bits per heavy atom. The fraction of sp³-hybridized carbons (Fsp3) is 0.500. The molecule has 5 heteroatoms. The van der Waals surface area contributed by atoms with E-state index < -0.39 is 0 Å². The fourth-order valence-electron chi connectivity index (χ4n) is 2.03. The number of aromatic amines is 1. The molecule has 0 aliphatic carbocycles. The highest BCUT2D eigenvalue weighted by atomic mass is 15.3. The van der Waals surface area contributed by atoms with Gasteiger partial charge in [-0.1, -0.05) is 6.92 Å². The molecule has 0 fully saturated rings. The van der Waals surface area contributed by atoms with Crippen molar-refractivity contribution in [3.8, 4) is 11.5 Å². The van der Waals surface area contributed by atoms with Crippen molar-refractivity contribution >= 4 is 5.69 Å². The minimum atomic E-state index is 0.711.